The minimum Gasteiger partial charge on any atom is -0.267 e. The van der Waals surface area contributed by atoms with E-state index in [2.05, 4.69) is 25.8 Å². The quantitative estimate of drug-likeness (QED) is 0.371. The number of halogens is 1. The number of aromatic amines is 1. The first kappa shape index (κ1) is 20.5. The number of fused-ring (bicyclic) bond motifs is 1. The lowest BCUT2D eigenvalue weighted by atomic mass is 10.1. The SMILES string of the molecule is Cc1nn(Cc2ccccc2Cl)c(C)c1/C=N/NC(=O)c1n[nH]c(=O)c2ccccc12. The van der Waals surface area contributed by atoms with Crippen molar-refractivity contribution in [1.29, 1.82) is 0 Å². The molecule has 0 spiro atoms. The zero-order valence-corrected chi connectivity index (χ0v) is 17.6. The van der Waals surface area contributed by atoms with Crippen molar-refractivity contribution < 1.29 is 4.79 Å². The van der Waals surface area contributed by atoms with Crippen LogP contribution < -0.4 is 11.0 Å². The average Bonchev–Trinajstić information content (AvgIpc) is 3.03. The molecule has 31 heavy (non-hydrogen) atoms. The van der Waals surface area contributed by atoms with Crippen LogP contribution in [0, 0.1) is 13.8 Å². The molecule has 9 heteroatoms. The third-order valence-electron chi connectivity index (χ3n) is 4.99. The summed E-state index contributed by atoms with van der Waals surface area (Å²) in [6, 6.07) is 14.4. The van der Waals surface area contributed by atoms with Crippen LogP contribution in [0.4, 0.5) is 0 Å². The molecule has 0 aliphatic heterocycles. The van der Waals surface area contributed by atoms with Gasteiger partial charge in [-0.05, 0) is 31.5 Å². The number of hydrazone groups is 1. The van der Waals surface area contributed by atoms with Crippen molar-refractivity contribution in [1.82, 2.24) is 25.4 Å². The monoisotopic (exact) mass is 434 g/mol. The van der Waals surface area contributed by atoms with Crippen LogP contribution in [0.2, 0.25) is 5.02 Å². The molecule has 0 saturated heterocycles. The molecular formula is C22H19ClN6O2. The summed E-state index contributed by atoms with van der Waals surface area (Å²) in [5, 5.41) is 16.4. The molecule has 4 rings (SSSR count). The minimum atomic E-state index is -0.525. The van der Waals surface area contributed by atoms with Gasteiger partial charge in [0.15, 0.2) is 5.69 Å². The van der Waals surface area contributed by atoms with Crippen LogP contribution in [-0.4, -0.2) is 32.1 Å². The molecule has 2 aromatic carbocycles. The lowest BCUT2D eigenvalue weighted by Crippen LogP contribution is -2.22. The largest absolute Gasteiger partial charge is 0.292 e. The first-order chi connectivity index (χ1) is 15.0. The van der Waals surface area contributed by atoms with Gasteiger partial charge in [-0.15, -0.1) is 0 Å². The van der Waals surface area contributed by atoms with Crippen LogP contribution in [0.5, 0.6) is 0 Å². The average molecular weight is 435 g/mol. The molecule has 4 aromatic rings. The third-order valence-corrected chi connectivity index (χ3v) is 5.36. The summed E-state index contributed by atoms with van der Waals surface area (Å²) in [6.45, 7) is 4.33. The van der Waals surface area contributed by atoms with Crippen LogP contribution in [-0.2, 0) is 6.54 Å². The Morgan fingerprint density at radius 3 is 2.65 bits per heavy atom. The Morgan fingerprint density at radius 1 is 1.16 bits per heavy atom. The smallest absolute Gasteiger partial charge is 0.267 e. The first-order valence-corrected chi connectivity index (χ1v) is 9.91. The second kappa shape index (κ2) is 8.53. The minimum absolute atomic E-state index is 0.0928. The number of rotatable bonds is 5. The van der Waals surface area contributed by atoms with E-state index < -0.39 is 5.91 Å². The molecule has 0 aliphatic rings. The summed E-state index contributed by atoms with van der Waals surface area (Å²) < 4.78 is 1.84. The van der Waals surface area contributed by atoms with Crippen LogP contribution in [0.25, 0.3) is 10.8 Å². The molecule has 8 nitrogen and oxygen atoms in total. The molecule has 0 saturated carbocycles. The molecule has 1 amide bonds. The number of aryl methyl sites for hydroxylation is 1. The number of nitrogens with zero attached hydrogens (tertiary/aromatic N) is 4. The lowest BCUT2D eigenvalue weighted by Gasteiger charge is -2.06. The zero-order chi connectivity index (χ0) is 22.0. The first-order valence-electron chi connectivity index (χ1n) is 9.54. The van der Waals surface area contributed by atoms with Crippen LogP contribution >= 0.6 is 11.6 Å². The van der Waals surface area contributed by atoms with E-state index in [4.69, 9.17) is 11.6 Å². The van der Waals surface area contributed by atoms with Crippen LogP contribution in [0.3, 0.4) is 0 Å². The van der Waals surface area contributed by atoms with Gasteiger partial charge in [0.05, 0.1) is 23.8 Å². The summed E-state index contributed by atoms with van der Waals surface area (Å²) >= 11 is 6.26. The molecule has 0 aliphatic carbocycles. The Labute approximate surface area is 182 Å². The van der Waals surface area contributed by atoms with E-state index in [0.717, 1.165) is 22.5 Å². The molecule has 2 aromatic heterocycles. The fourth-order valence-electron chi connectivity index (χ4n) is 3.34. The van der Waals surface area contributed by atoms with Gasteiger partial charge in [-0.2, -0.15) is 15.3 Å². The van der Waals surface area contributed by atoms with E-state index in [1.54, 1.807) is 30.5 Å². The van der Waals surface area contributed by atoms with E-state index in [1.807, 2.05) is 42.8 Å². The predicted molar refractivity (Wildman–Crippen MR) is 120 cm³/mol. The second-order valence-corrected chi connectivity index (χ2v) is 7.39. The number of nitrogens with one attached hydrogen (secondary N) is 2. The topological polar surface area (TPSA) is 105 Å². The van der Waals surface area contributed by atoms with Crippen molar-refractivity contribution in [3.05, 3.63) is 92.1 Å². The molecule has 156 valence electrons. The standard InChI is InChI=1S/C22H19ClN6O2/c1-13-18(14(2)29(28-13)12-15-7-3-6-10-19(15)23)11-24-26-22(31)20-16-8-4-5-9-17(16)21(30)27-25-20/h3-11H,12H2,1-2H3,(H,26,31)(H,27,30)/b24-11+. The molecule has 0 fully saturated rings. The Hall–Kier alpha value is -3.78. The lowest BCUT2D eigenvalue weighted by molar-refractivity contribution is 0.0951. The predicted octanol–water partition coefficient (Wildman–Crippen LogP) is 3.20. The number of hydrogen-bond acceptors (Lipinski definition) is 5. The normalized spacial score (nSPS) is 11.3. The third kappa shape index (κ3) is 4.10. The van der Waals surface area contributed by atoms with Crippen molar-refractivity contribution in [2.75, 3.05) is 0 Å². The summed E-state index contributed by atoms with van der Waals surface area (Å²) in [5.74, 6) is -0.525. The van der Waals surface area contributed by atoms with Gasteiger partial charge in [0.1, 0.15) is 0 Å². The highest BCUT2D eigenvalue weighted by Gasteiger charge is 2.14. The molecule has 0 bridgehead atoms. The Bertz CT molecular complexity index is 1370. The summed E-state index contributed by atoms with van der Waals surface area (Å²) in [5.41, 5.74) is 5.63. The zero-order valence-electron chi connectivity index (χ0n) is 16.9. The molecule has 0 atom stereocenters. The van der Waals surface area contributed by atoms with E-state index >= 15 is 0 Å². The van der Waals surface area contributed by atoms with E-state index in [9.17, 15) is 9.59 Å². The van der Waals surface area contributed by atoms with Gasteiger partial charge in [-0.25, -0.2) is 10.5 Å². The highest BCUT2D eigenvalue weighted by molar-refractivity contribution is 6.31. The molecule has 0 unspecified atom stereocenters. The number of carbonyl (C=O) groups excluding carboxylic acids is 1. The number of amides is 1. The van der Waals surface area contributed by atoms with Crippen molar-refractivity contribution >= 4 is 34.5 Å². The van der Waals surface area contributed by atoms with Crippen LogP contribution in [0.1, 0.15) is 33.0 Å². The highest BCUT2D eigenvalue weighted by atomic mass is 35.5. The second-order valence-electron chi connectivity index (χ2n) is 6.98. The van der Waals surface area contributed by atoms with Crippen LogP contribution in [0.15, 0.2) is 58.4 Å². The Balaban J connectivity index is 1.54. The van der Waals surface area contributed by atoms with Gasteiger partial charge in [0, 0.05) is 21.7 Å². The number of aromatic nitrogens is 4. The fraction of sp³-hybridized carbons (Fsp3) is 0.136. The maximum atomic E-state index is 12.6. The van der Waals surface area contributed by atoms with E-state index in [1.165, 1.54) is 0 Å². The Morgan fingerprint density at radius 2 is 1.87 bits per heavy atom. The number of hydrogen-bond donors (Lipinski definition) is 2. The van der Waals surface area contributed by atoms with Gasteiger partial charge >= 0.3 is 0 Å². The van der Waals surface area contributed by atoms with E-state index in [0.29, 0.717) is 22.3 Å². The van der Waals surface area contributed by atoms with Crippen molar-refractivity contribution in [2.45, 2.75) is 20.4 Å². The maximum absolute atomic E-state index is 12.6. The molecule has 2 N–H and O–H groups in total. The van der Waals surface area contributed by atoms with Crippen molar-refractivity contribution in [3.8, 4) is 0 Å². The van der Waals surface area contributed by atoms with E-state index in [-0.39, 0.29) is 11.3 Å². The Kier molecular flexibility index (Phi) is 5.64. The van der Waals surface area contributed by atoms with Gasteiger partial charge in [-0.3, -0.25) is 14.3 Å². The maximum Gasteiger partial charge on any atom is 0.292 e. The molecule has 2 heterocycles. The number of H-pyrrole nitrogens is 1. The summed E-state index contributed by atoms with van der Waals surface area (Å²) in [4.78, 5) is 24.5. The van der Waals surface area contributed by atoms with Gasteiger partial charge < -0.3 is 0 Å². The molecular weight excluding hydrogens is 416 g/mol. The van der Waals surface area contributed by atoms with Gasteiger partial charge in [0.25, 0.3) is 11.5 Å². The van der Waals surface area contributed by atoms with Gasteiger partial charge in [-0.1, -0.05) is 48.0 Å². The highest BCUT2D eigenvalue weighted by Crippen LogP contribution is 2.19. The van der Waals surface area contributed by atoms with Crippen molar-refractivity contribution in [3.63, 3.8) is 0 Å². The summed E-state index contributed by atoms with van der Waals surface area (Å²) in [6.07, 6.45) is 1.55. The number of benzene rings is 2. The fourth-order valence-corrected chi connectivity index (χ4v) is 3.53. The molecule has 0 radical (unpaired) electrons. The van der Waals surface area contributed by atoms with Crippen molar-refractivity contribution in [2.24, 2.45) is 5.10 Å². The summed E-state index contributed by atoms with van der Waals surface area (Å²) in [7, 11) is 0. The number of carbonyl (C=O) groups is 1. The van der Waals surface area contributed by atoms with Gasteiger partial charge in [0.2, 0.25) is 0 Å².